The van der Waals surface area contributed by atoms with Gasteiger partial charge in [-0.1, -0.05) is 68.8 Å². The van der Waals surface area contributed by atoms with Gasteiger partial charge in [-0.2, -0.15) is 0 Å². The average molecular weight is 447 g/mol. The van der Waals surface area contributed by atoms with Gasteiger partial charge in [0.15, 0.2) is 5.78 Å². The van der Waals surface area contributed by atoms with Crippen LogP contribution in [0.1, 0.15) is 63.5 Å². The van der Waals surface area contributed by atoms with E-state index in [1.165, 1.54) is 0 Å². The molecule has 2 unspecified atom stereocenters. The fourth-order valence-corrected chi connectivity index (χ4v) is 4.90. The number of nitrogens with one attached hydrogen (secondary N) is 1. The van der Waals surface area contributed by atoms with E-state index in [2.05, 4.69) is 38.2 Å². The van der Waals surface area contributed by atoms with Crippen LogP contribution in [0.3, 0.4) is 0 Å². The van der Waals surface area contributed by atoms with E-state index in [4.69, 9.17) is 10.5 Å². The van der Waals surface area contributed by atoms with E-state index < -0.39 is 11.9 Å². The average Bonchev–Trinajstić information content (AvgIpc) is 2.77. The maximum absolute atomic E-state index is 13.5. The highest BCUT2D eigenvalue weighted by molar-refractivity contribution is 6.04. The van der Waals surface area contributed by atoms with Crippen LogP contribution in [0, 0.1) is 18.3 Å². The molecule has 5 nitrogen and oxygen atoms in total. The molecule has 1 aromatic carbocycles. The zero-order chi connectivity index (χ0) is 23.8. The Morgan fingerprint density at radius 3 is 2.58 bits per heavy atom. The molecular formula is C28H34N2O3. The summed E-state index contributed by atoms with van der Waals surface area (Å²) in [4.78, 5) is 26.9. The van der Waals surface area contributed by atoms with Crippen molar-refractivity contribution in [2.45, 2.75) is 59.3 Å². The number of hydrogen-bond acceptors (Lipinski definition) is 5. The Balaban J connectivity index is 1.72. The van der Waals surface area contributed by atoms with Crippen LogP contribution in [-0.4, -0.2) is 18.4 Å². The highest BCUT2D eigenvalue weighted by Gasteiger charge is 2.45. The van der Waals surface area contributed by atoms with Crippen LogP contribution in [0.5, 0.6) is 0 Å². The number of aryl methyl sites for hydroxylation is 1. The Bertz CT molecular complexity index is 1090. The summed E-state index contributed by atoms with van der Waals surface area (Å²) in [5.41, 5.74) is 11.1. The van der Waals surface area contributed by atoms with E-state index >= 15 is 0 Å². The van der Waals surface area contributed by atoms with Crippen LogP contribution >= 0.6 is 0 Å². The van der Waals surface area contributed by atoms with E-state index in [-0.39, 0.29) is 23.6 Å². The Morgan fingerprint density at radius 1 is 1.21 bits per heavy atom. The third kappa shape index (κ3) is 4.54. The summed E-state index contributed by atoms with van der Waals surface area (Å²) < 4.78 is 5.69. The minimum absolute atomic E-state index is 0.0706. The number of carbonyl (C=O) groups excluding carboxylic acids is 2. The number of carbonyl (C=O) groups is 2. The van der Waals surface area contributed by atoms with Crippen LogP contribution in [0.2, 0.25) is 0 Å². The second kappa shape index (κ2) is 9.05. The number of rotatable bonds is 5. The summed E-state index contributed by atoms with van der Waals surface area (Å²) in [7, 11) is 0. The zero-order valence-electron chi connectivity index (χ0n) is 20.0. The highest BCUT2D eigenvalue weighted by atomic mass is 16.5. The molecule has 2 atom stereocenters. The molecule has 0 bridgehead atoms. The zero-order valence-corrected chi connectivity index (χ0v) is 20.0. The predicted molar refractivity (Wildman–Crippen MR) is 130 cm³/mol. The molecule has 33 heavy (non-hydrogen) atoms. The molecule has 0 saturated heterocycles. The molecule has 1 heterocycles. The first-order valence-corrected chi connectivity index (χ1v) is 11.8. The summed E-state index contributed by atoms with van der Waals surface area (Å²) in [6.45, 7) is 8.65. The number of benzene rings is 1. The van der Waals surface area contributed by atoms with Gasteiger partial charge in [-0.15, -0.1) is 0 Å². The van der Waals surface area contributed by atoms with Gasteiger partial charge < -0.3 is 15.8 Å². The van der Waals surface area contributed by atoms with Gasteiger partial charge in [0.25, 0.3) is 0 Å². The lowest BCUT2D eigenvalue weighted by Crippen LogP contribution is -2.43. The van der Waals surface area contributed by atoms with Crippen LogP contribution in [0.4, 0.5) is 0 Å². The molecule has 0 spiro atoms. The lowest BCUT2D eigenvalue weighted by molar-refractivity contribution is -0.138. The second-order valence-corrected chi connectivity index (χ2v) is 10.1. The van der Waals surface area contributed by atoms with Crippen molar-refractivity contribution in [1.82, 2.24) is 5.32 Å². The summed E-state index contributed by atoms with van der Waals surface area (Å²) in [5, 5.41) is 3.23. The molecule has 5 heteroatoms. The first kappa shape index (κ1) is 23.1. The topological polar surface area (TPSA) is 81.4 Å². The number of ketones is 1. The Labute approximate surface area is 196 Å². The highest BCUT2D eigenvalue weighted by Crippen LogP contribution is 2.49. The summed E-state index contributed by atoms with van der Waals surface area (Å²) in [5.74, 6) is -0.334. The minimum Gasteiger partial charge on any atom is -0.457 e. The van der Waals surface area contributed by atoms with Crippen LogP contribution in [0.25, 0.3) is 0 Å². The number of dihydropyridines is 1. The quantitative estimate of drug-likeness (QED) is 0.626. The third-order valence-corrected chi connectivity index (χ3v) is 7.39. The van der Waals surface area contributed by atoms with Gasteiger partial charge in [-0.05, 0) is 48.7 Å². The molecule has 1 aromatic rings. The van der Waals surface area contributed by atoms with E-state index in [0.717, 1.165) is 41.7 Å². The number of ether oxygens (including phenoxy) is 1. The van der Waals surface area contributed by atoms with E-state index in [0.29, 0.717) is 23.5 Å². The van der Waals surface area contributed by atoms with Crippen molar-refractivity contribution in [2.75, 3.05) is 6.61 Å². The largest absolute Gasteiger partial charge is 0.457 e. The van der Waals surface area contributed by atoms with Crippen molar-refractivity contribution in [2.24, 2.45) is 17.1 Å². The summed E-state index contributed by atoms with van der Waals surface area (Å²) in [6, 6.07) is 7.96. The monoisotopic (exact) mass is 446 g/mol. The fraction of sp³-hybridized carbons (Fsp3) is 0.429. The number of esters is 1. The molecule has 174 valence electrons. The van der Waals surface area contributed by atoms with Gasteiger partial charge in [0.1, 0.15) is 12.4 Å². The van der Waals surface area contributed by atoms with Gasteiger partial charge in [0.05, 0.1) is 11.5 Å². The Kier molecular flexibility index (Phi) is 6.33. The lowest BCUT2D eigenvalue weighted by Gasteiger charge is -2.42. The number of nitrogens with two attached hydrogens (primary N) is 1. The molecule has 0 saturated carbocycles. The minimum atomic E-state index is -0.533. The molecule has 2 aliphatic carbocycles. The summed E-state index contributed by atoms with van der Waals surface area (Å²) in [6.07, 6.45) is 9.27. The van der Waals surface area contributed by atoms with Crippen molar-refractivity contribution in [1.29, 1.82) is 0 Å². The molecule has 4 rings (SSSR count). The third-order valence-electron chi connectivity index (χ3n) is 7.39. The number of Topliss-reactive ketones (excluding diaryl/α,β-unsaturated/α-hetero) is 1. The predicted octanol–water partition coefficient (Wildman–Crippen LogP) is 4.95. The molecule has 3 aliphatic rings. The standard InChI is InChI=1S/C28H34N2O3/c1-17(2)28(4)14-21-24(22(31)15-28)23(20-12-10-18(3)11-13-20)25(26(29)30-21)27(32)33-16-19-8-6-5-7-9-19/h6,8-13,17,23,30H,5,7,14-16,29H2,1-4H3. The maximum Gasteiger partial charge on any atom is 0.339 e. The molecule has 0 fully saturated rings. The van der Waals surface area contributed by atoms with Gasteiger partial charge in [0.2, 0.25) is 0 Å². The van der Waals surface area contributed by atoms with Crippen molar-refractivity contribution >= 4 is 11.8 Å². The molecule has 1 aliphatic heterocycles. The molecule has 0 amide bonds. The lowest BCUT2D eigenvalue weighted by atomic mass is 9.64. The van der Waals surface area contributed by atoms with Gasteiger partial charge in [0, 0.05) is 17.7 Å². The molecular weight excluding hydrogens is 412 g/mol. The SMILES string of the molecule is Cc1ccc(C2C(C(=O)OCC3=CCCC=C3)=C(N)NC3=C2C(=O)CC(C)(C(C)C)C3)cc1. The van der Waals surface area contributed by atoms with E-state index in [9.17, 15) is 9.59 Å². The van der Waals surface area contributed by atoms with Gasteiger partial charge >= 0.3 is 5.97 Å². The molecule has 0 radical (unpaired) electrons. The first-order chi connectivity index (χ1) is 15.7. The maximum atomic E-state index is 13.5. The van der Waals surface area contributed by atoms with E-state index in [1.54, 1.807) is 0 Å². The van der Waals surface area contributed by atoms with Gasteiger partial charge in [-0.25, -0.2) is 4.79 Å². The Hall–Kier alpha value is -3.08. The van der Waals surface area contributed by atoms with Crippen molar-refractivity contribution < 1.29 is 14.3 Å². The van der Waals surface area contributed by atoms with Crippen LogP contribution in [0.15, 0.2) is 70.7 Å². The van der Waals surface area contributed by atoms with Crippen LogP contribution < -0.4 is 11.1 Å². The molecule has 0 aromatic heterocycles. The van der Waals surface area contributed by atoms with Crippen molar-refractivity contribution in [3.8, 4) is 0 Å². The van der Waals surface area contributed by atoms with Crippen molar-refractivity contribution in [3.63, 3.8) is 0 Å². The normalized spacial score (nSPS) is 25.1. The smallest absolute Gasteiger partial charge is 0.339 e. The first-order valence-electron chi connectivity index (χ1n) is 11.8. The fourth-order valence-electron chi connectivity index (χ4n) is 4.90. The van der Waals surface area contributed by atoms with Crippen LogP contribution in [-0.2, 0) is 14.3 Å². The van der Waals surface area contributed by atoms with E-state index in [1.807, 2.05) is 37.3 Å². The number of allylic oxidation sites excluding steroid dienone is 4. The molecule has 3 N–H and O–H groups in total. The van der Waals surface area contributed by atoms with Gasteiger partial charge in [-0.3, -0.25) is 4.79 Å². The second-order valence-electron chi connectivity index (χ2n) is 10.1. The number of hydrogen-bond donors (Lipinski definition) is 2. The Morgan fingerprint density at radius 2 is 1.94 bits per heavy atom. The summed E-state index contributed by atoms with van der Waals surface area (Å²) >= 11 is 0. The van der Waals surface area contributed by atoms with Crippen molar-refractivity contribution in [3.05, 3.63) is 81.9 Å².